The van der Waals surface area contributed by atoms with Crippen LogP contribution in [0.5, 0.6) is 0 Å². The van der Waals surface area contributed by atoms with Crippen molar-refractivity contribution in [2.75, 3.05) is 0 Å². The molecule has 0 fully saturated rings. The minimum absolute atomic E-state index is 0. The molecule has 7 heteroatoms. The maximum atomic E-state index is 8.97. The summed E-state index contributed by atoms with van der Waals surface area (Å²) in [7, 11) is 0. The Morgan fingerprint density at radius 1 is 1.14 bits per heavy atom. The molecule has 0 spiro atoms. The number of hydrogen-bond donors (Lipinski definition) is 3. The van der Waals surface area contributed by atoms with Crippen molar-refractivity contribution >= 4 is 59.5 Å². The van der Waals surface area contributed by atoms with Crippen molar-refractivity contribution in [3.63, 3.8) is 0 Å². The molecule has 0 heterocycles. The Hall–Kier alpha value is 1.93. The van der Waals surface area contributed by atoms with E-state index in [1.165, 1.54) is 0 Å². The first kappa shape index (κ1) is 16.0. The van der Waals surface area contributed by atoms with Crippen LogP contribution in [0.15, 0.2) is 0 Å². The van der Waals surface area contributed by atoms with Crippen molar-refractivity contribution in [2.45, 2.75) is 0 Å². The molecule has 3 N–H and O–H groups in total. The van der Waals surface area contributed by atoms with Gasteiger partial charge in [0.25, 0.3) is 0 Å². The van der Waals surface area contributed by atoms with E-state index in [0.29, 0.717) is 0 Å². The van der Waals surface area contributed by atoms with E-state index >= 15 is 0 Å². The first-order valence-corrected chi connectivity index (χ1v) is 5.25. The number of hydrogen-bond acceptors (Lipinski definition) is 1. The third-order valence-corrected chi connectivity index (χ3v) is 0. The predicted octanol–water partition coefficient (Wildman–Crippen LogP) is -2.76. The molecule has 0 rings (SSSR count). The van der Waals surface area contributed by atoms with E-state index < -0.39 is 20.1 Å². The van der Waals surface area contributed by atoms with Gasteiger partial charge in [0, 0.05) is 0 Å². The summed E-state index contributed by atoms with van der Waals surface area (Å²) in [5, 5.41) is 0. The van der Waals surface area contributed by atoms with Gasteiger partial charge in [0.2, 0.25) is 0 Å². The van der Waals surface area contributed by atoms with Gasteiger partial charge in [-0.05, 0) is 0 Å². The molecule has 0 aromatic rings. The van der Waals surface area contributed by atoms with E-state index in [4.69, 9.17) is 13.2 Å². The van der Waals surface area contributed by atoms with Crippen LogP contribution in [0.1, 0.15) is 0 Å². The molecule has 0 saturated heterocycles. The third kappa shape index (κ3) is 74.9. The molecule has 0 aliphatic rings. The van der Waals surface area contributed by atoms with Gasteiger partial charge in [0.15, 0.2) is 0 Å². The summed E-state index contributed by atoms with van der Waals surface area (Å²) in [5.74, 6) is 0. The van der Waals surface area contributed by atoms with Gasteiger partial charge in [-0.25, -0.2) is 0 Å². The second-order valence-electron chi connectivity index (χ2n) is 0.513. The van der Waals surface area contributed by atoms with E-state index in [-0.39, 0.29) is 39.5 Å². The minimum atomic E-state index is -5.35. The van der Waals surface area contributed by atoms with Crippen molar-refractivity contribution in [3.8, 4) is 0 Å². The second-order valence-corrected chi connectivity index (χ2v) is 3.44. The van der Waals surface area contributed by atoms with Gasteiger partial charge in [-0.1, -0.05) is 0 Å². The Balaban J connectivity index is -0.0000000800. The summed E-state index contributed by atoms with van der Waals surface area (Å²) >= 11 is -5.35. The summed E-state index contributed by atoms with van der Waals surface area (Å²) in [6.45, 7) is 0. The molecule has 4 nitrogen and oxygen atoms in total. The average molecular weight is 247 g/mol. The zero-order chi connectivity index (χ0) is 4.50. The van der Waals surface area contributed by atoms with E-state index in [9.17, 15) is 0 Å². The van der Waals surface area contributed by atoms with Crippen LogP contribution in [0.2, 0.25) is 0 Å². The standard InChI is InChI=1S/Na.3H2O.O.H3P.Sb.H/h;3*1H2;;1H3;;/q;;;;;;+3;/p-3. The van der Waals surface area contributed by atoms with Crippen LogP contribution in [-0.4, -0.2) is 59.8 Å². The Bertz CT molecular complexity index is 57.8. The summed E-state index contributed by atoms with van der Waals surface area (Å²) in [5.41, 5.74) is 0. The third-order valence-electron chi connectivity index (χ3n) is 0. The maximum absolute atomic E-state index is 8.97. The molecule has 0 saturated carbocycles. The van der Waals surface area contributed by atoms with E-state index in [2.05, 4.69) is 0 Å². The van der Waals surface area contributed by atoms with Gasteiger partial charge in [0.05, 0.1) is 0 Å². The van der Waals surface area contributed by atoms with Crippen LogP contribution in [0, 0.1) is 0 Å². The first-order valence-electron chi connectivity index (χ1n) is 0.783. The van der Waals surface area contributed by atoms with Crippen LogP contribution in [0.25, 0.3) is 0 Å². The fourth-order valence-corrected chi connectivity index (χ4v) is 0. The molecular weight excluding hydrogens is 240 g/mol. The van der Waals surface area contributed by atoms with Gasteiger partial charge in [-0.2, -0.15) is 9.90 Å². The quantitative estimate of drug-likeness (QED) is 0.320. The molecule has 0 aromatic heterocycles. The van der Waals surface area contributed by atoms with E-state index in [1.54, 1.807) is 0 Å². The second kappa shape index (κ2) is 6.05. The van der Waals surface area contributed by atoms with Crippen LogP contribution < -0.4 is 0 Å². The van der Waals surface area contributed by atoms with Gasteiger partial charge >= 0.3 is 62.8 Å². The van der Waals surface area contributed by atoms with Crippen molar-refractivity contribution in [2.24, 2.45) is 0 Å². The Morgan fingerprint density at radius 2 is 1.14 bits per heavy atom. The zero-order valence-electron chi connectivity index (χ0n) is 2.90. The molecule has 1 unspecified atom stereocenters. The van der Waals surface area contributed by atoms with E-state index in [0.717, 1.165) is 0 Å². The molecule has 0 aliphatic carbocycles. The molecule has 0 aliphatic heterocycles. The Kier molecular flexibility index (Phi) is 13.8. The molecule has 42 valence electrons. The monoisotopic (exact) mass is 246 g/mol. The van der Waals surface area contributed by atoms with Crippen molar-refractivity contribution in [1.82, 2.24) is 0 Å². The van der Waals surface area contributed by atoms with Gasteiger partial charge < -0.3 is 0 Å². The van der Waals surface area contributed by atoms with Gasteiger partial charge in [-0.3, -0.25) is 0 Å². The molecule has 0 aromatic carbocycles. The summed E-state index contributed by atoms with van der Waals surface area (Å²) in [6, 6.07) is 0. The van der Waals surface area contributed by atoms with Crippen LogP contribution >= 0.6 is 9.90 Å². The zero-order valence-corrected chi connectivity index (χ0v) is 6.87. The fourth-order valence-electron chi connectivity index (χ4n) is 0. The van der Waals surface area contributed by atoms with Crippen LogP contribution in [0.4, 0.5) is 0 Å². The molecule has 0 amide bonds. The van der Waals surface area contributed by atoms with Crippen LogP contribution in [0.3, 0.4) is 0 Å². The van der Waals surface area contributed by atoms with Crippen molar-refractivity contribution in [3.05, 3.63) is 0 Å². The topological polar surface area (TPSA) is 77.8 Å². The molecule has 0 radical (unpaired) electrons. The van der Waals surface area contributed by atoms with E-state index in [1.807, 2.05) is 0 Å². The molecule has 0 bridgehead atoms. The molecule has 1 atom stereocenters. The molecule has 7 heavy (non-hydrogen) atoms. The predicted molar refractivity (Wildman–Crippen MR) is 31.4 cm³/mol. The van der Waals surface area contributed by atoms with Gasteiger partial charge in [0.1, 0.15) is 0 Å². The Morgan fingerprint density at radius 3 is 1.14 bits per heavy atom. The average Bonchev–Trinajstić information content (AvgIpc) is 0.722. The first-order chi connectivity index (χ1) is 2.00. The normalized spacial score (nSPS) is 8.43. The number of rotatable bonds is 0. The fraction of sp³-hybridized carbons (Fsp3) is 0. The van der Waals surface area contributed by atoms with Crippen LogP contribution in [-0.2, 0) is 3.02 Å². The van der Waals surface area contributed by atoms with Gasteiger partial charge in [-0.15, -0.1) is 0 Å². The Labute approximate surface area is 71.9 Å². The summed E-state index contributed by atoms with van der Waals surface area (Å²) in [6.07, 6.45) is 0. The SMILES string of the molecule is P.[NaH].[O]=[Sb]([OH])([OH])[OH]. The van der Waals surface area contributed by atoms with Crippen molar-refractivity contribution < 1.29 is 13.2 Å². The molecular formula is H7NaO4PSb. The van der Waals surface area contributed by atoms with Crippen molar-refractivity contribution in [1.29, 1.82) is 0 Å². The summed E-state index contributed by atoms with van der Waals surface area (Å²) in [4.78, 5) is 0. The summed E-state index contributed by atoms with van der Waals surface area (Å²) < 4.78 is 30.8.